The van der Waals surface area contributed by atoms with Gasteiger partial charge in [0.15, 0.2) is 0 Å². The van der Waals surface area contributed by atoms with Crippen LogP contribution in [0.5, 0.6) is 0 Å². The predicted octanol–water partition coefficient (Wildman–Crippen LogP) is 3.27. The quantitative estimate of drug-likeness (QED) is 0.355. The van der Waals surface area contributed by atoms with Crippen LogP contribution < -0.4 is 0 Å². The van der Waals surface area contributed by atoms with Crippen molar-refractivity contribution in [1.82, 2.24) is 0 Å². The summed E-state index contributed by atoms with van der Waals surface area (Å²) in [6.07, 6.45) is 0.893. The molecule has 0 saturated carbocycles. The lowest BCUT2D eigenvalue weighted by atomic mass is 10.2. The topological polar surface area (TPSA) is 69.4 Å². The SMILES string of the molecule is CCC(C)Sc1cc(C(=O)OC)ccc1[N+](=O)[O-]. The lowest BCUT2D eigenvalue weighted by Gasteiger charge is -2.09. The maximum atomic E-state index is 11.4. The molecule has 0 fully saturated rings. The number of thioether (sulfide) groups is 1. The Bertz CT molecular complexity index is 461. The summed E-state index contributed by atoms with van der Waals surface area (Å²) in [7, 11) is 1.28. The van der Waals surface area contributed by atoms with Gasteiger partial charge in [0, 0.05) is 11.3 Å². The van der Waals surface area contributed by atoms with Gasteiger partial charge in [-0.3, -0.25) is 10.1 Å². The molecular formula is C12H15NO4S. The van der Waals surface area contributed by atoms with Gasteiger partial charge in [-0.25, -0.2) is 4.79 Å². The van der Waals surface area contributed by atoms with Gasteiger partial charge in [-0.05, 0) is 18.6 Å². The fourth-order valence-electron chi connectivity index (χ4n) is 1.30. The molecule has 6 heteroatoms. The number of esters is 1. The molecule has 0 radical (unpaired) electrons. The Labute approximate surface area is 110 Å². The average Bonchev–Trinajstić information content (AvgIpc) is 2.37. The highest BCUT2D eigenvalue weighted by Crippen LogP contribution is 2.34. The summed E-state index contributed by atoms with van der Waals surface area (Å²) in [5, 5.41) is 11.2. The third kappa shape index (κ3) is 3.46. The first-order valence-electron chi connectivity index (χ1n) is 5.53. The van der Waals surface area contributed by atoms with Crippen molar-refractivity contribution in [2.24, 2.45) is 0 Å². The number of nitro groups is 1. The summed E-state index contributed by atoms with van der Waals surface area (Å²) in [6, 6.07) is 4.27. The van der Waals surface area contributed by atoms with Crippen molar-refractivity contribution < 1.29 is 14.5 Å². The smallest absolute Gasteiger partial charge is 0.337 e. The summed E-state index contributed by atoms with van der Waals surface area (Å²) in [4.78, 5) is 22.4. The number of ether oxygens (including phenoxy) is 1. The summed E-state index contributed by atoms with van der Waals surface area (Å²) >= 11 is 1.39. The Morgan fingerprint density at radius 1 is 1.56 bits per heavy atom. The normalized spacial score (nSPS) is 11.9. The van der Waals surface area contributed by atoms with Gasteiger partial charge in [-0.1, -0.05) is 13.8 Å². The van der Waals surface area contributed by atoms with Crippen molar-refractivity contribution >= 4 is 23.4 Å². The van der Waals surface area contributed by atoms with Crippen LogP contribution in [0, 0.1) is 10.1 Å². The van der Waals surface area contributed by atoms with Crippen LogP contribution in [0.3, 0.4) is 0 Å². The van der Waals surface area contributed by atoms with Crippen LogP contribution in [0.25, 0.3) is 0 Å². The molecule has 0 bridgehead atoms. The van der Waals surface area contributed by atoms with E-state index in [2.05, 4.69) is 4.74 Å². The van der Waals surface area contributed by atoms with Gasteiger partial charge in [0.25, 0.3) is 5.69 Å². The third-order valence-electron chi connectivity index (χ3n) is 2.48. The summed E-state index contributed by atoms with van der Waals surface area (Å²) in [6.45, 7) is 3.99. The molecule has 0 spiro atoms. The van der Waals surface area contributed by atoms with Gasteiger partial charge >= 0.3 is 5.97 Å². The molecule has 1 atom stereocenters. The average molecular weight is 269 g/mol. The Morgan fingerprint density at radius 3 is 2.72 bits per heavy atom. The minimum absolute atomic E-state index is 0.0213. The molecule has 0 heterocycles. The summed E-state index contributed by atoms with van der Waals surface area (Å²) < 4.78 is 4.60. The Balaban J connectivity index is 3.15. The molecule has 18 heavy (non-hydrogen) atoms. The molecule has 5 nitrogen and oxygen atoms in total. The number of nitrogens with zero attached hydrogens (tertiary/aromatic N) is 1. The van der Waals surface area contributed by atoms with Crippen LogP contribution in [0.1, 0.15) is 30.6 Å². The van der Waals surface area contributed by atoms with E-state index in [0.29, 0.717) is 10.5 Å². The molecule has 0 aromatic heterocycles. The predicted molar refractivity (Wildman–Crippen MR) is 70.0 cm³/mol. The molecule has 0 saturated heterocycles. The molecule has 0 aliphatic heterocycles. The highest BCUT2D eigenvalue weighted by Gasteiger charge is 2.19. The fourth-order valence-corrected chi connectivity index (χ4v) is 2.36. The van der Waals surface area contributed by atoms with Crippen molar-refractivity contribution in [1.29, 1.82) is 0 Å². The maximum Gasteiger partial charge on any atom is 0.337 e. The van der Waals surface area contributed by atoms with E-state index < -0.39 is 10.9 Å². The van der Waals surface area contributed by atoms with Gasteiger partial charge in [-0.15, -0.1) is 11.8 Å². The van der Waals surface area contributed by atoms with E-state index in [-0.39, 0.29) is 10.9 Å². The van der Waals surface area contributed by atoms with Crippen molar-refractivity contribution in [3.05, 3.63) is 33.9 Å². The minimum atomic E-state index is -0.490. The second-order valence-corrected chi connectivity index (χ2v) is 5.25. The molecule has 0 aliphatic carbocycles. The Kier molecular flexibility index (Phi) is 5.15. The summed E-state index contributed by atoms with van der Waals surface area (Å²) in [5.41, 5.74) is 0.349. The summed E-state index contributed by atoms with van der Waals surface area (Å²) in [5.74, 6) is -0.490. The zero-order valence-corrected chi connectivity index (χ0v) is 11.3. The van der Waals surface area contributed by atoms with E-state index in [9.17, 15) is 14.9 Å². The Hall–Kier alpha value is -1.56. The van der Waals surface area contributed by atoms with Crippen molar-refractivity contribution in [2.75, 3.05) is 7.11 Å². The number of carbonyl (C=O) groups excluding carboxylic acids is 1. The second kappa shape index (κ2) is 6.39. The molecule has 1 unspecified atom stereocenters. The number of nitro benzene ring substituents is 1. The van der Waals surface area contributed by atoms with Crippen LogP contribution >= 0.6 is 11.8 Å². The minimum Gasteiger partial charge on any atom is -0.465 e. The van der Waals surface area contributed by atoms with Crippen molar-refractivity contribution in [2.45, 2.75) is 30.4 Å². The van der Waals surface area contributed by atoms with Crippen LogP contribution in [0.4, 0.5) is 5.69 Å². The van der Waals surface area contributed by atoms with Crippen LogP contribution in [-0.2, 0) is 4.74 Å². The lowest BCUT2D eigenvalue weighted by molar-refractivity contribution is -0.387. The molecule has 98 valence electrons. The molecule has 1 aromatic carbocycles. The first-order valence-corrected chi connectivity index (χ1v) is 6.41. The highest BCUT2D eigenvalue weighted by atomic mass is 32.2. The van der Waals surface area contributed by atoms with Gasteiger partial charge in [0.2, 0.25) is 0 Å². The molecule has 0 aliphatic rings. The molecular weight excluding hydrogens is 254 g/mol. The van der Waals surface area contributed by atoms with Crippen molar-refractivity contribution in [3.8, 4) is 0 Å². The van der Waals surface area contributed by atoms with Gasteiger partial charge in [-0.2, -0.15) is 0 Å². The van der Waals surface area contributed by atoms with Crippen LogP contribution in [0.15, 0.2) is 23.1 Å². The third-order valence-corrected chi connectivity index (χ3v) is 3.80. The highest BCUT2D eigenvalue weighted by molar-refractivity contribution is 8.00. The first-order chi connectivity index (χ1) is 8.49. The van der Waals surface area contributed by atoms with E-state index in [1.54, 1.807) is 0 Å². The number of benzene rings is 1. The van der Waals surface area contributed by atoms with E-state index in [1.807, 2.05) is 13.8 Å². The van der Waals surface area contributed by atoms with Gasteiger partial charge < -0.3 is 4.74 Å². The van der Waals surface area contributed by atoms with Crippen LogP contribution in [0.2, 0.25) is 0 Å². The standard InChI is InChI=1S/C12H15NO4S/c1-4-8(2)18-11-7-9(12(14)17-3)5-6-10(11)13(15)16/h5-8H,4H2,1-3H3. The zero-order chi connectivity index (χ0) is 13.7. The molecule has 0 amide bonds. The second-order valence-electron chi connectivity index (χ2n) is 3.77. The zero-order valence-electron chi connectivity index (χ0n) is 10.5. The monoisotopic (exact) mass is 269 g/mol. The maximum absolute atomic E-state index is 11.4. The van der Waals surface area contributed by atoms with Gasteiger partial charge in [0.1, 0.15) is 0 Å². The van der Waals surface area contributed by atoms with Crippen molar-refractivity contribution in [3.63, 3.8) is 0 Å². The largest absolute Gasteiger partial charge is 0.465 e. The molecule has 1 aromatic rings. The fraction of sp³-hybridized carbons (Fsp3) is 0.417. The number of hydrogen-bond acceptors (Lipinski definition) is 5. The van der Waals surface area contributed by atoms with E-state index >= 15 is 0 Å². The van der Waals surface area contributed by atoms with E-state index in [1.165, 1.54) is 37.1 Å². The van der Waals surface area contributed by atoms with E-state index in [4.69, 9.17) is 0 Å². The van der Waals surface area contributed by atoms with Gasteiger partial charge in [0.05, 0.1) is 22.5 Å². The number of rotatable bonds is 5. The van der Waals surface area contributed by atoms with E-state index in [0.717, 1.165) is 6.42 Å². The first kappa shape index (κ1) is 14.5. The molecule has 1 rings (SSSR count). The number of methoxy groups -OCH3 is 1. The number of hydrogen-bond donors (Lipinski definition) is 0. The Morgan fingerprint density at radius 2 is 2.22 bits per heavy atom. The molecule has 0 N–H and O–H groups in total. The number of carbonyl (C=O) groups is 1. The lowest BCUT2D eigenvalue weighted by Crippen LogP contribution is -2.03. The van der Waals surface area contributed by atoms with Crippen LogP contribution in [-0.4, -0.2) is 23.3 Å².